The molecule has 0 aliphatic heterocycles. The van der Waals surface area contributed by atoms with Crippen molar-refractivity contribution < 1.29 is 28.2 Å². The number of halogens is 1. The van der Waals surface area contributed by atoms with Gasteiger partial charge in [0.25, 0.3) is 0 Å². The van der Waals surface area contributed by atoms with Gasteiger partial charge in [-0.3, -0.25) is 4.79 Å². The molecule has 0 fully saturated rings. The maximum absolute atomic E-state index is 13.6. The van der Waals surface area contributed by atoms with Gasteiger partial charge < -0.3 is 18.8 Å². The Morgan fingerprint density at radius 1 is 1.03 bits per heavy atom. The molecule has 32 heavy (non-hydrogen) atoms. The Morgan fingerprint density at radius 2 is 1.81 bits per heavy atom. The van der Waals surface area contributed by atoms with Gasteiger partial charge in [-0.2, -0.15) is 0 Å². The first-order valence-electron chi connectivity index (χ1n) is 9.89. The highest BCUT2D eigenvalue weighted by Crippen LogP contribution is 2.25. The van der Waals surface area contributed by atoms with Gasteiger partial charge in [-0.05, 0) is 62.4 Å². The predicted octanol–water partition coefficient (Wildman–Crippen LogP) is 4.69. The van der Waals surface area contributed by atoms with Gasteiger partial charge in [0.15, 0.2) is 6.61 Å². The first kappa shape index (κ1) is 22.8. The van der Waals surface area contributed by atoms with Crippen molar-refractivity contribution in [1.82, 2.24) is 4.57 Å². The van der Waals surface area contributed by atoms with Crippen molar-refractivity contribution in [3.63, 3.8) is 0 Å². The van der Waals surface area contributed by atoms with E-state index in [0.717, 1.165) is 5.69 Å². The minimum Gasteiger partial charge on any atom is -0.497 e. The molecule has 0 aliphatic rings. The highest BCUT2D eigenvalue weighted by molar-refractivity contribution is 6.00. The molecule has 3 aromatic rings. The summed E-state index contributed by atoms with van der Waals surface area (Å²) >= 11 is 0. The number of aromatic nitrogens is 1. The van der Waals surface area contributed by atoms with Crippen LogP contribution >= 0.6 is 0 Å². The zero-order chi connectivity index (χ0) is 23.3. The number of benzene rings is 2. The normalized spacial score (nSPS) is 10.9. The van der Waals surface area contributed by atoms with Crippen LogP contribution in [0.25, 0.3) is 11.8 Å². The van der Waals surface area contributed by atoms with Crippen molar-refractivity contribution in [2.75, 3.05) is 20.8 Å². The summed E-state index contributed by atoms with van der Waals surface area (Å²) in [6.45, 7) is 3.18. The maximum atomic E-state index is 13.6. The Bertz CT molecular complexity index is 1180. The van der Waals surface area contributed by atoms with E-state index in [9.17, 15) is 14.0 Å². The van der Waals surface area contributed by atoms with E-state index >= 15 is 0 Å². The molecule has 0 radical (unpaired) electrons. The van der Waals surface area contributed by atoms with Crippen LogP contribution < -0.4 is 9.47 Å². The molecule has 1 aromatic heterocycles. The number of ether oxygens (including phenoxy) is 3. The molecule has 0 N–H and O–H groups in total. The van der Waals surface area contributed by atoms with E-state index in [2.05, 4.69) is 0 Å². The summed E-state index contributed by atoms with van der Waals surface area (Å²) in [7, 11) is 3.07. The van der Waals surface area contributed by atoms with Crippen molar-refractivity contribution in [2.45, 2.75) is 13.8 Å². The number of Topliss-reactive ketones (excluding diaryl/α,β-unsaturated/α-hetero) is 1. The van der Waals surface area contributed by atoms with Gasteiger partial charge in [-0.25, -0.2) is 9.18 Å². The van der Waals surface area contributed by atoms with Crippen LogP contribution in [0.15, 0.2) is 54.6 Å². The molecule has 0 unspecified atom stereocenters. The highest BCUT2D eigenvalue weighted by atomic mass is 19.1. The van der Waals surface area contributed by atoms with Crippen molar-refractivity contribution in [1.29, 1.82) is 0 Å². The van der Waals surface area contributed by atoms with Crippen LogP contribution in [0.1, 0.15) is 27.3 Å². The van der Waals surface area contributed by atoms with E-state index in [1.54, 1.807) is 55.0 Å². The predicted molar refractivity (Wildman–Crippen MR) is 119 cm³/mol. The first-order chi connectivity index (χ1) is 15.3. The van der Waals surface area contributed by atoms with Gasteiger partial charge in [-0.15, -0.1) is 0 Å². The van der Waals surface area contributed by atoms with Crippen molar-refractivity contribution in [2.24, 2.45) is 0 Å². The third-order valence-electron chi connectivity index (χ3n) is 4.98. The van der Waals surface area contributed by atoms with Crippen LogP contribution in [0.2, 0.25) is 0 Å². The minimum absolute atomic E-state index is 0.346. The molecule has 0 spiro atoms. The number of rotatable bonds is 8. The molecule has 0 amide bonds. The fraction of sp³-hybridized carbons (Fsp3) is 0.200. The Hall–Kier alpha value is -3.87. The smallest absolute Gasteiger partial charge is 0.331 e. The topological polar surface area (TPSA) is 66.8 Å². The quantitative estimate of drug-likeness (QED) is 0.291. The lowest BCUT2D eigenvalue weighted by molar-refractivity contribution is -0.136. The number of hydrogen-bond donors (Lipinski definition) is 0. The van der Waals surface area contributed by atoms with Crippen LogP contribution in [0, 0.1) is 19.7 Å². The SMILES string of the molecule is COc1ccc(OC)c(/C=C/C(=O)OCC(=O)c2cc(C)n(-c3cccc(F)c3)c2C)c1. The average molecular weight is 437 g/mol. The lowest BCUT2D eigenvalue weighted by atomic mass is 10.1. The number of esters is 1. The summed E-state index contributed by atoms with van der Waals surface area (Å²) in [4.78, 5) is 24.8. The van der Waals surface area contributed by atoms with E-state index in [4.69, 9.17) is 14.2 Å². The van der Waals surface area contributed by atoms with Crippen LogP contribution in [0.4, 0.5) is 4.39 Å². The molecule has 7 heteroatoms. The van der Waals surface area contributed by atoms with Gasteiger partial charge in [0, 0.05) is 34.3 Å². The molecule has 6 nitrogen and oxygen atoms in total. The standard InChI is InChI=1S/C25H24FNO5/c1-16-12-22(17(2)27(16)20-7-5-6-19(26)14-20)23(28)15-32-25(29)11-8-18-13-21(30-3)9-10-24(18)31-4/h5-14H,15H2,1-4H3/b11-8+. The van der Waals surface area contributed by atoms with Crippen molar-refractivity contribution in [3.05, 3.63) is 82.9 Å². The molecule has 2 aromatic carbocycles. The number of methoxy groups -OCH3 is 2. The number of nitrogens with zero attached hydrogens (tertiary/aromatic N) is 1. The zero-order valence-corrected chi connectivity index (χ0v) is 18.3. The summed E-state index contributed by atoms with van der Waals surface area (Å²) < 4.78 is 31.0. The number of carbonyl (C=O) groups excluding carboxylic acids is 2. The lowest BCUT2D eigenvalue weighted by Gasteiger charge is -2.10. The largest absolute Gasteiger partial charge is 0.497 e. The van der Waals surface area contributed by atoms with Crippen LogP contribution in [-0.4, -0.2) is 37.1 Å². The molecule has 1 heterocycles. The number of aryl methyl sites for hydroxylation is 1. The van der Waals surface area contributed by atoms with E-state index in [1.807, 2.05) is 6.92 Å². The highest BCUT2D eigenvalue weighted by Gasteiger charge is 2.18. The molecule has 3 rings (SSSR count). The van der Waals surface area contributed by atoms with Crippen LogP contribution in [0.5, 0.6) is 11.5 Å². The van der Waals surface area contributed by atoms with E-state index < -0.39 is 12.6 Å². The van der Waals surface area contributed by atoms with E-state index in [0.29, 0.717) is 34.0 Å². The van der Waals surface area contributed by atoms with Gasteiger partial charge in [-0.1, -0.05) is 6.07 Å². The third kappa shape index (κ3) is 5.06. The summed E-state index contributed by atoms with van der Waals surface area (Å²) in [6.07, 6.45) is 2.75. The molecule has 0 bridgehead atoms. The summed E-state index contributed by atoms with van der Waals surface area (Å²) in [5.41, 5.74) is 3.08. The monoisotopic (exact) mass is 437 g/mol. The molecular formula is C25H24FNO5. The van der Waals surface area contributed by atoms with Crippen LogP contribution in [-0.2, 0) is 9.53 Å². The van der Waals surface area contributed by atoms with Crippen LogP contribution in [0.3, 0.4) is 0 Å². The summed E-state index contributed by atoms with van der Waals surface area (Å²) in [5.74, 6) is -0.196. The fourth-order valence-electron chi connectivity index (χ4n) is 3.45. The Balaban J connectivity index is 1.69. The second-order valence-electron chi connectivity index (χ2n) is 7.07. The number of ketones is 1. The number of hydrogen-bond acceptors (Lipinski definition) is 5. The average Bonchev–Trinajstić information content (AvgIpc) is 3.09. The number of carbonyl (C=O) groups is 2. The zero-order valence-electron chi connectivity index (χ0n) is 18.3. The van der Waals surface area contributed by atoms with Crippen molar-refractivity contribution in [3.8, 4) is 17.2 Å². The second kappa shape index (κ2) is 9.96. The Kier molecular flexibility index (Phi) is 7.10. The molecule has 0 aliphatic carbocycles. The van der Waals surface area contributed by atoms with E-state index in [1.165, 1.54) is 31.4 Å². The van der Waals surface area contributed by atoms with Gasteiger partial charge in [0.2, 0.25) is 5.78 Å². The molecule has 0 atom stereocenters. The van der Waals surface area contributed by atoms with Gasteiger partial charge >= 0.3 is 5.97 Å². The molecule has 0 saturated carbocycles. The molecular weight excluding hydrogens is 413 g/mol. The second-order valence-corrected chi connectivity index (χ2v) is 7.07. The van der Waals surface area contributed by atoms with E-state index in [-0.39, 0.29) is 11.6 Å². The summed E-state index contributed by atoms with van der Waals surface area (Å²) in [6, 6.07) is 13.0. The van der Waals surface area contributed by atoms with Gasteiger partial charge in [0.05, 0.1) is 14.2 Å². The Labute approximate surface area is 185 Å². The summed E-state index contributed by atoms with van der Waals surface area (Å²) in [5, 5.41) is 0. The Morgan fingerprint density at radius 3 is 2.50 bits per heavy atom. The van der Waals surface area contributed by atoms with Gasteiger partial charge in [0.1, 0.15) is 17.3 Å². The first-order valence-corrected chi connectivity index (χ1v) is 9.89. The fourth-order valence-corrected chi connectivity index (χ4v) is 3.45. The minimum atomic E-state index is -0.665. The van der Waals surface area contributed by atoms with Crippen molar-refractivity contribution >= 4 is 17.8 Å². The third-order valence-corrected chi connectivity index (χ3v) is 4.98. The lowest BCUT2D eigenvalue weighted by Crippen LogP contribution is -2.13. The molecule has 166 valence electrons. The maximum Gasteiger partial charge on any atom is 0.331 e. The molecule has 0 saturated heterocycles.